The molecule has 0 saturated heterocycles. The Morgan fingerprint density at radius 2 is 1.83 bits per heavy atom. The van der Waals surface area contributed by atoms with Crippen molar-refractivity contribution in [2.24, 2.45) is 0 Å². The minimum absolute atomic E-state index is 0.100. The third-order valence-electron chi connectivity index (χ3n) is 7.59. The Bertz CT molecular complexity index is 1770. The maximum absolute atomic E-state index is 14.1. The lowest BCUT2D eigenvalue weighted by Crippen LogP contribution is -2.27. The van der Waals surface area contributed by atoms with Crippen molar-refractivity contribution in [3.63, 3.8) is 0 Å². The summed E-state index contributed by atoms with van der Waals surface area (Å²) in [5.74, 6) is -1.66. The summed E-state index contributed by atoms with van der Waals surface area (Å²) in [4.78, 5) is 39.4. The molecular formula is C30H26ClF2N5O3. The maximum Gasteiger partial charge on any atom is 0.277 e. The molecule has 0 aromatic carbocycles. The van der Waals surface area contributed by atoms with Crippen LogP contribution in [0.2, 0.25) is 5.02 Å². The van der Waals surface area contributed by atoms with Crippen LogP contribution in [0.25, 0.3) is 17.1 Å². The number of nitrogens with one attached hydrogen (secondary N) is 1. The van der Waals surface area contributed by atoms with Gasteiger partial charge in [-0.2, -0.15) is 0 Å². The van der Waals surface area contributed by atoms with E-state index >= 15 is 0 Å². The Balaban J connectivity index is 1.43. The van der Waals surface area contributed by atoms with Gasteiger partial charge in [-0.3, -0.25) is 24.1 Å². The first kappa shape index (κ1) is 27.0. The predicted molar refractivity (Wildman–Crippen MR) is 149 cm³/mol. The zero-order valence-corrected chi connectivity index (χ0v) is 23.2. The largest absolute Gasteiger partial charge is 0.485 e. The Morgan fingerprint density at radius 3 is 2.63 bits per heavy atom. The van der Waals surface area contributed by atoms with E-state index in [1.807, 2.05) is 26.0 Å². The van der Waals surface area contributed by atoms with E-state index in [9.17, 15) is 18.4 Å². The fourth-order valence-electron chi connectivity index (χ4n) is 5.24. The van der Waals surface area contributed by atoms with Crippen LogP contribution in [0.4, 0.5) is 14.5 Å². The average molecular weight is 578 g/mol. The zero-order valence-electron chi connectivity index (χ0n) is 22.4. The smallest absolute Gasteiger partial charge is 0.277 e. The van der Waals surface area contributed by atoms with Crippen molar-refractivity contribution in [1.82, 2.24) is 19.5 Å². The number of nitrogens with zero attached hydrogens (tertiary/aromatic N) is 4. The minimum atomic E-state index is -0.849. The molecule has 4 aromatic rings. The van der Waals surface area contributed by atoms with E-state index in [0.717, 1.165) is 43.5 Å². The number of carbonyl (C=O) groups excluding carboxylic acids is 1. The van der Waals surface area contributed by atoms with Gasteiger partial charge in [-0.05, 0) is 63.3 Å². The van der Waals surface area contributed by atoms with Crippen molar-refractivity contribution >= 4 is 23.2 Å². The van der Waals surface area contributed by atoms with E-state index in [4.69, 9.17) is 21.3 Å². The van der Waals surface area contributed by atoms with Crippen LogP contribution in [-0.2, 0) is 29.7 Å². The number of hydrogen-bond donors (Lipinski definition) is 1. The highest BCUT2D eigenvalue weighted by Crippen LogP contribution is 2.37. The summed E-state index contributed by atoms with van der Waals surface area (Å²) in [6.07, 6.45) is 6.67. The van der Waals surface area contributed by atoms with Gasteiger partial charge in [-0.25, -0.2) is 13.8 Å². The van der Waals surface area contributed by atoms with E-state index in [-0.39, 0.29) is 29.0 Å². The first-order valence-corrected chi connectivity index (χ1v) is 13.7. The van der Waals surface area contributed by atoms with Crippen LogP contribution in [0.5, 0.6) is 5.75 Å². The van der Waals surface area contributed by atoms with Gasteiger partial charge in [0.1, 0.15) is 28.9 Å². The van der Waals surface area contributed by atoms with Gasteiger partial charge in [0.05, 0.1) is 40.1 Å². The Kier molecular flexibility index (Phi) is 6.81. The number of fused-ring (bicyclic) bond motifs is 4. The molecule has 210 valence electrons. The summed E-state index contributed by atoms with van der Waals surface area (Å²) in [6.45, 7) is 3.32. The molecule has 0 bridgehead atoms. The second kappa shape index (κ2) is 10.3. The summed E-state index contributed by atoms with van der Waals surface area (Å²) in [5, 5.41) is 2.70. The molecule has 8 nitrogen and oxygen atoms in total. The van der Waals surface area contributed by atoms with Gasteiger partial charge in [0.2, 0.25) is 5.91 Å². The normalized spacial score (nSPS) is 15.6. The molecule has 0 fully saturated rings. The Labute approximate surface area is 239 Å². The number of aromatic nitrogens is 4. The van der Waals surface area contributed by atoms with E-state index in [0.29, 0.717) is 40.6 Å². The van der Waals surface area contributed by atoms with E-state index in [1.165, 1.54) is 0 Å². The van der Waals surface area contributed by atoms with Gasteiger partial charge in [-0.1, -0.05) is 18.0 Å². The van der Waals surface area contributed by atoms with Crippen molar-refractivity contribution in [2.45, 2.75) is 58.0 Å². The van der Waals surface area contributed by atoms with Crippen molar-refractivity contribution in [1.29, 1.82) is 0 Å². The molecule has 11 heteroatoms. The van der Waals surface area contributed by atoms with E-state index in [2.05, 4.69) is 15.3 Å². The van der Waals surface area contributed by atoms with Crippen molar-refractivity contribution in [2.75, 3.05) is 5.32 Å². The van der Waals surface area contributed by atoms with Gasteiger partial charge >= 0.3 is 0 Å². The quantitative estimate of drug-likeness (QED) is 0.334. The summed E-state index contributed by atoms with van der Waals surface area (Å²) in [5.41, 5.74) is 3.28. The third kappa shape index (κ3) is 4.86. The number of hydrogen-bond acceptors (Lipinski definition) is 6. The molecule has 41 heavy (non-hydrogen) atoms. The number of carbonyl (C=O) groups is 1. The lowest BCUT2D eigenvalue weighted by molar-refractivity contribution is -0.119. The lowest BCUT2D eigenvalue weighted by atomic mass is 9.90. The van der Waals surface area contributed by atoms with E-state index in [1.54, 1.807) is 22.9 Å². The molecule has 0 unspecified atom stereocenters. The lowest BCUT2D eigenvalue weighted by Gasteiger charge is -2.19. The molecule has 0 radical (unpaired) electrons. The van der Waals surface area contributed by atoms with Gasteiger partial charge in [-0.15, -0.1) is 0 Å². The summed E-state index contributed by atoms with van der Waals surface area (Å²) in [7, 11) is 0. The van der Waals surface area contributed by atoms with Crippen molar-refractivity contribution in [3.8, 4) is 22.8 Å². The van der Waals surface area contributed by atoms with Gasteiger partial charge < -0.3 is 10.1 Å². The SMILES string of the molecule is CC1(C)C(=O)Nc2ccc(-c3cc4c(cn3)CCCCCc3cc(OCc5ncc(F)cc5F)c(Cl)c(=O)n3-4)nc21. The second-order valence-electron chi connectivity index (χ2n) is 10.8. The highest BCUT2D eigenvalue weighted by Gasteiger charge is 2.40. The maximum atomic E-state index is 14.1. The van der Waals surface area contributed by atoms with Gasteiger partial charge in [0.15, 0.2) is 5.82 Å². The molecule has 0 spiro atoms. The summed E-state index contributed by atoms with van der Waals surface area (Å²) < 4.78 is 34.7. The summed E-state index contributed by atoms with van der Waals surface area (Å²) in [6, 6.07) is 7.84. The number of aryl methyl sites for hydroxylation is 2. The third-order valence-corrected chi connectivity index (χ3v) is 7.94. The monoisotopic (exact) mass is 577 g/mol. The molecule has 2 aliphatic heterocycles. The first-order chi connectivity index (χ1) is 19.6. The van der Waals surface area contributed by atoms with Crippen LogP contribution in [0.15, 0.2) is 47.5 Å². The second-order valence-corrected chi connectivity index (χ2v) is 11.1. The first-order valence-electron chi connectivity index (χ1n) is 13.3. The molecular weight excluding hydrogens is 552 g/mol. The molecule has 6 rings (SSSR count). The highest BCUT2D eigenvalue weighted by atomic mass is 35.5. The minimum Gasteiger partial charge on any atom is -0.485 e. The number of anilines is 1. The van der Waals surface area contributed by atoms with E-state index < -0.39 is 22.6 Å². The predicted octanol–water partition coefficient (Wildman–Crippen LogP) is 5.70. The number of ether oxygens (including phenoxy) is 1. The van der Waals surface area contributed by atoms with Gasteiger partial charge in [0.25, 0.3) is 5.56 Å². The van der Waals surface area contributed by atoms with Crippen LogP contribution in [0.1, 0.15) is 55.8 Å². The fourth-order valence-corrected chi connectivity index (χ4v) is 5.43. The molecule has 2 aliphatic rings. The number of halogens is 3. The average Bonchev–Trinajstić information content (AvgIpc) is 3.22. The molecule has 0 atom stereocenters. The fraction of sp³-hybridized carbons (Fsp3) is 0.300. The Hall–Kier alpha value is -4.18. The molecule has 0 aliphatic carbocycles. The van der Waals surface area contributed by atoms with Crippen molar-refractivity contribution < 1.29 is 18.3 Å². The van der Waals surface area contributed by atoms with Crippen LogP contribution in [-0.4, -0.2) is 25.4 Å². The molecule has 1 N–H and O–H groups in total. The topological polar surface area (TPSA) is 99.0 Å². The van der Waals surface area contributed by atoms with Crippen LogP contribution in [0.3, 0.4) is 0 Å². The standard InChI is InChI=1S/C30H26ClF2N5O3/c1-30(2)27-21(37-29(30)40)9-8-20(36-27)22-12-24-16(13-34-22)6-4-3-5-7-18-11-25(26(31)28(39)38(18)24)41-15-23-19(33)10-17(32)14-35-23/h8-14H,3-7,15H2,1-2H3,(H,37,40). The number of pyridine rings is 4. The zero-order chi connectivity index (χ0) is 28.9. The number of amides is 1. The van der Waals surface area contributed by atoms with Crippen LogP contribution >= 0.6 is 11.6 Å². The highest BCUT2D eigenvalue weighted by molar-refractivity contribution is 6.31. The van der Waals surface area contributed by atoms with Gasteiger partial charge in [0, 0.05) is 24.0 Å². The molecule has 1 amide bonds. The molecule has 4 aromatic heterocycles. The summed E-state index contributed by atoms with van der Waals surface area (Å²) >= 11 is 6.53. The van der Waals surface area contributed by atoms with Crippen LogP contribution < -0.4 is 15.6 Å². The molecule has 6 heterocycles. The molecule has 0 saturated carbocycles. The van der Waals surface area contributed by atoms with Crippen LogP contribution in [0, 0.1) is 11.6 Å². The van der Waals surface area contributed by atoms with Crippen molar-refractivity contribution in [3.05, 3.63) is 92.4 Å². The Morgan fingerprint density at radius 1 is 1.02 bits per heavy atom. The number of rotatable bonds is 4.